The molecule has 33 heavy (non-hydrogen) atoms. The van der Waals surface area contributed by atoms with E-state index < -0.39 is 12.1 Å². The van der Waals surface area contributed by atoms with Gasteiger partial charge in [-0.1, -0.05) is 29.4 Å². The van der Waals surface area contributed by atoms with Crippen LogP contribution in [-0.4, -0.2) is 32.2 Å². The average molecular weight is 443 g/mol. The summed E-state index contributed by atoms with van der Waals surface area (Å²) in [4.78, 5) is 25.8. The Kier molecular flexibility index (Phi) is 4.42. The number of amides is 1. The van der Waals surface area contributed by atoms with Crippen molar-refractivity contribution in [2.75, 3.05) is 5.32 Å². The molecule has 0 radical (unpaired) electrons. The fourth-order valence-electron chi connectivity index (χ4n) is 3.75. The molecule has 0 saturated heterocycles. The van der Waals surface area contributed by atoms with Gasteiger partial charge in [0.2, 0.25) is 23.4 Å². The Morgan fingerprint density at radius 3 is 2.91 bits per heavy atom. The minimum atomic E-state index is -0.915. The highest BCUT2D eigenvalue weighted by atomic mass is 19.1. The van der Waals surface area contributed by atoms with Gasteiger partial charge in [0.1, 0.15) is 6.17 Å². The van der Waals surface area contributed by atoms with Crippen LogP contribution in [0.5, 0.6) is 0 Å². The average Bonchev–Trinajstić information content (AvgIpc) is 3.29. The molecule has 1 N–H and O–H groups in total. The number of nitrogens with one attached hydrogen (secondary N) is 1. The van der Waals surface area contributed by atoms with Gasteiger partial charge in [-0.15, -0.1) is 0 Å². The molecule has 0 aliphatic heterocycles. The third-order valence-corrected chi connectivity index (χ3v) is 5.80. The molecule has 164 valence electrons. The molecule has 1 aromatic carbocycles. The first-order valence-electron chi connectivity index (χ1n) is 10.6. The fraction of sp³-hybridized carbons (Fsp3) is 0.208. The van der Waals surface area contributed by atoms with Gasteiger partial charge in [0.05, 0.1) is 23.4 Å². The summed E-state index contributed by atoms with van der Waals surface area (Å²) in [6, 6.07) is 7.35. The predicted octanol–water partition coefficient (Wildman–Crippen LogP) is 4.74. The summed E-state index contributed by atoms with van der Waals surface area (Å²) >= 11 is 0. The molecule has 2 aliphatic carbocycles. The molecule has 3 heterocycles. The Morgan fingerprint density at radius 2 is 2.06 bits per heavy atom. The molecule has 6 rings (SSSR count). The van der Waals surface area contributed by atoms with Crippen molar-refractivity contribution in [1.29, 1.82) is 0 Å². The first kappa shape index (κ1) is 19.5. The number of rotatable bonds is 5. The van der Waals surface area contributed by atoms with Crippen LogP contribution in [-0.2, 0) is 6.42 Å². The molecular weight excluding hydrogens is 425 g/mol. The molecule has 4 aromatic rings. The zero-order valence-corrected chi connectivity index (χ0v) is 17.6. The van der Waals surface area contributed by atoms with Crippen LogP contribution in [0, 0.1) is 6.92 Å². The van der Waals surface area contributed by atoms with Crippen molar-refractivity contribution in [3.05, 3.63) is 71.2 Å². The molecule has 3 aromatic heterocycles. The van der Waals surface area contributed by atoms with Gasteiger partial charge in [0.25, 0.3) is 5.91 Å². The van der Waals surface area contributed by atoms with E-state index in [1.54, 1.807) is 12.3 Å². The minimum absolute atomic E-state index is 0.0791. The molecule has 0 spiro atoms. The number of benzene rings is 1. The second-order valence-electron chi connectivity index (χ2n) is 8.19. The van der Waals surface area contributed by atoms with E-state index in [0.29, 0.717) is 40.8 Å². The number of aromatic nitrogens is 4. The molecule has 9 heteroatoms. The zero-order chi connectivity index (χ0) is 22.5. The number of halogens is 1. The molecular formula is C24H18FN5O3. The number of alkyl halides is 1. The van der Waals surface area contributed by atoms with Crippen LogP contribution in [0.4, 0.5) is 10.1 Å². The van der Waals surface area contributed by atoms with Gasteiger partial charge in [0.15, 0.2) is 0 Å². The van der Waals surface area contributed by atoms with Crippen LogP contribution in [0.15, 0.2) is 51.7 Å². The summed E-state index contributed by atoms with van der Waals surface area (Å²) in [6.07, 6.45) is 7.45. The van der Waals surface area contributed by atoms with Crippen molar-refractivity contribution >= 4 is 17.7 Å². The molecule has 1 amide bonds. The summed E-state index contributed by atoms with van der Waals surface area (Å²) in [5.74, 6) is 0.305. The number of fused-ring (bicyclic) bond motifs is 1. The molecule has 1 fully saturated rings. The molecule has 0 bridgehead atoms. The summed E-state index contributed by atoms with van der Waals surface area (Å²) < 4.78 is 24.2. The molecule has 2 atom stereocenters. The number of carbonyl (C=O) groups excluding carboxylic acids is 1. The van der Waals surface area contributed by atoms with Gasteiger partial charge in [-0.25, -0.2) is 9.37 Å². The summed E-state index contributed by atoms with van der Waals surface area (Å²) in [5, 5.41) is 6.79. The van der Waals surface area contributed by atoms with Crippen LogP contribution in [0.25, 0.3) is 28.9 Å². The lowest BCUT2D eigenvalue weighted by atomic mass is 10.1. The maximum atomic E-state index is 13.3. The van der Waals surface area contributed by atoms with Crippen molar-refractivity contribution in [3.63, 3.8) is 0 Å². The lowest BCUT2D eigenvalue weighted by molar-refractivity contribution is 0.0997. The number of oxazole rings is 1. The van der Waals surface area contributed by atoms with Crippen molar-refractivity contribution in [3.8, 4) is 22.8 Å². The van der Waals surface area contributed by atoms with E-state index >= 15 is 0 Å². The van der Waals surface area contributed by atoms with Crippen LogP contribution >= 0.6 is 0 Å². The lowest BCUT2D eigenvalue weighted by Crippen LogP contribution is -2.12. The van der Waals surface area contributed by atoms with Gasteiger partial charge in [-0.3, -0.25) is 9.78 Å². The molecule has 8 nitrogen and oxygen atoms in total. The van der Waals surface area contributed by atoms with Gasteiger partial charge in [0, 0.05) is 23.9 Å². The van der Waals surface area contributed by atoms with Crippen LogP contribution in [0.1, 0.15) is 45.6 Å². The summed E-state index contributed by atoms with van der Waals surface area (Å²) in [5.41, 5.74) is 4.80. The predicted molar refractivity (Wildman–Crippen MR) is 117 cm³/mol. The van der Waals surface area contributed by atoms with E-state index in [9.17, 15) is 9.18 Å². The quantitative estimate of drug-likeness (QED) is 0.475. The number of hydrogen-bond acceptors (Lipinski definition) is 7. The number of aryl methyl sites for hydroxylation is 1. The number of carbonyl (C=O) groups is 1. The Morgan fingerprint density at radius 1 is 1.18 bits per heavy atom. The SMILES string of the molecule is Cc1ccc(-c2noc([C@H]3C[C@@H]3F)n2)cc1NC(=O)c1cnc(-c2cnc3c(c2)C=CC3)o1. The minimum Gasteiger partial charge on any atom is -0.431 e. The monoisotopic (exact) mass is 443 g/mol. The van der Waals surface area contributed by atoms with Gasteiger partial charge >= 0.3 is 0 Å². The van der Waals surface area contributed by atoms with Crippen molar-refractivity contribution in [2.24, 2.45) is 0 Å². The number of hydrogen-bond donors (Lipinski definition) is 1. The Labute approximate surface area is 187 Å². The second-order valence-corrected chi connectivity index (χ2v) is 8.19. The van der Waals surface area contributed by atoms with E-state index in [0.717, 1.165) is 23.2 Å². The Bertz CT molecular complexity index is 1420. The van der Waals surface area contributed by atoms with Gasteiger partial charge in [-0.2, -0.15) is 4.98 Å². The number of anilines is 1. The molecule has 2 aliphatic rings. The van der Waals surface area contributed by atoms with E-state index in [2.05, 4.69) is 25.4 Å². The van der Waals surface area contributed by atoms with E-state index in [1.807, 2.05) is 37.3 Å². The zero-order valence-electron chi connectivity index (χ0n) is 17.6. The molecule has 0 unspecified atom stereocenters. The van der Waals surface area contributed by atoms with Gasteiger partial charge in [-0.05, 0) is 36.6 Å². The maximum Gasteiger partial charge on any atom is 0.293 e. The van der Waals surface area contributed by atoms with Crippen molar-refractivity contribution in [1.82, 2.24) is 20.1 Å². The van der Waals surface area contributed by atoms with E-state index in [4.69, 9.17) is 8.94 Å². The van der Waals surface area contributed by atoms with Crippen LogP contribution in [0.2, 0.25) is 0 Å². The highest BCUT2D eigenvalue weighted by molar-refractivity contribution is 6.03. The first-order valence-corrected chi connectivity index (χ1v) is 10.6. The highest BCUT2D eigenvalue weighted by Crippen LogP contribution is 2.43. The largest absolute Gasteiger partial charge is 0.431 e. The van der Waals surface area contributed by atoms with Gasteiger partial charge < -0.3 is 14.3 Å². The summed E-state index contributed by atoms with van der Waals surface area (Å²) in [7, 11) is 0. The third kappa shape index (κ3) is 3.61. The second kappa shape index (κ2) is 7.47. The smallest absolute Gasteiger partial charge is 0.293 e. The maximum absolute atomic E-state index is 13.3. The number of pyridine rings is 1. The van der Waals surface area contributed by atoms with Crippen LogP contribution < -0.4 is 5.32 Å². The van der Waals surface area contributed by atoms with E-state index in [1.165, 1.54) is 6.20 Å². The Hall–Kier alpha value is -4.14. The number of nitrogens with zero attached hydrogens (tertiary/aromatic N) is 4. The van der Waals surface area contributed by atoms with Crippen molar-refractivity contribution in [2.45, 2.75) is 31.9 Å². The standard InChI is InChI=1S/C24H18FN5O3/c1-12-5-6-14(21-29-24(33-30-21)16-9-17(16)25)8-19(12)28-22(31)20-11-27-23(32-20)15-7-13-3-2-4-18(13)26-10-15/h2-3,5-8,10-11,16-17H,4,9H2,1H3,(H,28,31)/t16-,17-/m0/s1. The van der Waals surface area contributed by atoms with Crippen molar-refractivity contribution < 1.29 is 18.1 Å². The third-order valence-electron chi connectivity index (χ3n) is 5.80. The summed E-state index contributed by atoms with van der Waals surface area (Å²) in [6.45, 7) is 1.87. The highest BCUT2D eigenvalue weighted by Gasteiger charge is 2.43. The van der Waals surface area contributed by atoms with Crippen LogP contribution in [0.3, 0.4) is 0 Å². The molecule has 1 saturated carbocycles. The fourth-order valence-corrected chi connectivity index (χ4v) is 3.75. The number of allylic oxidation sites excluding steroid dienone is 1. The topological polar surface area (TPSA) is 107 Å². The van der Waals surface area contributed by atoms with E-state index in [-0.39, 0.29) is 11.7 Å². The first-order chi connectivity index (χ1) is 16.0. The normalized spacial score (nSPS) is 18.4. The lowest BCUT2D eigenvalue weighted by Gasteiger charge is -2.08. The Balaban J connectivity index is 1.21.